The van der Waals surface area contributed by atoms with Crippen LogP contribution < -0.4 is 14.2 Å². The lowest BCUT2D eigenvalue weighted by molar-refractivity contribution is -0.137. The van der Waals surface area contributed by atoms with Crippen LogP contribution in [0.5, 0.6) is 17.2 Å². The molecule has 2 aromatic rings. The summed E-state index contributed by atoms with van der Waals surface area (Å²) in [5.74, 6) is -0.337. The second-order valence-corrected chi connectivity index (χ2v) is 6.58. The van der Waals surface area contributed by atoms with Crippen LogP contribution in [0.25, 0.3) is 0 Å². The summed E-state index contributed by atoms with van der Waals surface area (Å²) >= 11 is 0. The number of ether oxygens (including phenoxy) is 3. The fourth-order valence-corrected chi connectivity index (χ4v) is 3.09. The molecule has 0 amide bonds. The summed E-state index contributed by atoms with van der Waals surface area (Å²) in [5, 5.41) is 0. The van der Waals surface area contributed by atoms with Crippen LogP contribution >= 0.6 is 0 Å². The molecule has 1 unspecified atom stereocenters. The number of rotatable bonds is 11. The Hall–Kier alpha value is -3.03. The maximum atomic E-state index is 13.1. The number of Topliss-reactive ketones (excluding diaryl/α,β-unsaturated/α-hetero) is 1. The monoisotopic (exact) mass is 438 g/mol. The average Bonchev–Trinajstić information content (AvgIpc) is 2.72. The van der Waals surface area contributed by atoms with Crippen LogP contribution in [-0.2, 0) is 11.0 Å². The summed E-state index contributed by atoms with van der Waals surface area (Å²) in [7, 11) is 0. The molecule has 5 nitrogen and oxygen atoms in total. The highest BCUT2D eigenvalue weighted by atomic mass is 19.4. The zero-order chi connectivity index (χ0) is 23.0. The molecular formula is C23H25F3O5. The van der Waals surface area contributed by atoms with Crippen molar-refractivity contribution < 1.29 is 37.0 Å². The highest BCUT2D eigenvalue weighted by Crippen LogP contribution is 2.37. The maximum Gasteiger partial charge on any atom is 0.416 e. The first-order valence-electron chi connectivity index (χ1n) is 9.97. The van der Waals surface area contributed by atoms with E-state index in [1.54, 1.807) is 26.0 Å². The summed E-state index contributed by atoms with van der Waals surface area (Å²) < 4.78 is 55.1. The normalized spacial score (nSPS) is 12.2. The quantitative estimate of drug-likeness (QED) is 0.345. The van der Waals surface area contributed by atoms with Crippen molar-refractivity contribution in [3.63, 3.8) is 0 Å². The Kier molecular flexibility index (Phi) is 8.47. The Morgan fingerprint density at radius 1 is 0.935 bits per heavy atom. The van der Waals surface area contributed by atoms with E-state index < -0.39 is 23.4 Å². The van der Waals surface area contributed by atoms with Gasteiger partial charge in [0.2, 0.25) is 0 Å². The molecule has 0 N–H and O–H groups in total. The van der Waals surface area contributed by atoms with Crippen molar-refractivity contribution in [2.75, 3.05) is 19.8 Å². The molecule has 2 rings (SSSR count). The minimum absolute atomic E-state index is 0.172. The highest BCUT2D eigenvalue weighted by Gasteiger charge is 2.31. The van der Waals surface area contributed by atoms with Crippen molar-refractivity contribution in [3.8, 4) is 17.2 Å². The molecule has 0 saturated heterocycles. The fraction of sp³-hybridized carbons (Fsp3) is 0.391. The standard InChI is InChI=1S/C23H25F3O5/c1-4-29-18-12-20(30-5-2)22(21(13-18)31-6-3)19(28)11-16(14-27)15-7-9-17(10-8-15)23(24,25)26/h7-10,12-14,16H,4-6,11H2,1-3H3. The van der Waals surface area contributed by atoms with Gasteiger partial charge < -0.3 is 19.0 Å². The van der Waals surface area contributed by atoms with Crippen LogP contribution in [0.4, 0.5) is 13.2 Å². The zero-order valence-electron chi connectivity index (χ0n) is 17.6. The van der Waals surface area contributed by atoms with Crippen molar-refractivity contribution in [2.24, 2.45) is 0 Å². The largest absolute Gasteiger partial charge is 0.494 e. The molecular weight excluding hydrogens is 413 g/mol. The smallest absolute Gasteiger partial charge is 0.416 e. The Labute approximate surface area is 179 Å². The molecule has 2 aromatic carbocycles. The van der Waals surface area contributed by atoms with E-state index in [2.05, 4.69) is 0 Å². The topological polar surface area (TPSA) is 61.8 Å². The molecule has 0 bridgehead atoms. The second kappa shape index (κ2) is 10.8. The number of halogens is 3. The molecule has 0 heterocycles. The van der Waals surface area contributed by atoms with Crippen LogP contribution in [0.2, 0.25) is 0 Å². The van der Waals surface area contributed by atoms with Gasteiger partial charge in [-0.1, -0.05) is 12.1 Å². The highest BCUT2D eigenvalue weighted by molar-refractivity contribution is 6.03. The third-order valence-corrected chi connectivity index (χ3v) is 4.46. The molecule has 0 saturated carbocycles. The number of alkyl halides is 3. The number of carbonyl (C=O) groups excluding carboxylic acids is 2. The third-order valence-electron chi connectivity index (χ3n) is 4.46. The summed E-state index contributed by atoms with van der Waals surface area (Å²) in [6, 6.07) is 7.36. The molecule has 0 aliphatic heterocycles. The number of hydrogen-bond donors (Lipinski definition) is 0. The second-order valence-electron chi connectivity index (χ2n) is 6.58. The predicted octanol–water partition coefficient (Wildman–Crippen LogP) is 5.46. The Balaban J connectivity index is 2.38. The molecule has 1 atom stereocenters. The predicted molar refractivity (Wildman–Crippen MR) is 109 cm³/mol. The van der Waals surface area contributed by atoms with Crippen LogP contribution in [0.15, 0.2) is 36.4 Å². The van der Waals surface area contributed by atoms with Gasteiger partial charge >= 0.3 is 6.18 Å². The first-order valence-corrected chi connectivity index (χ1v) is 9.97. The molecule has 0 aliphatic carbocycles. The minimum Gasteiger partial charge on any atom is -0.494 e. The van der Waals surface area contributed by atoms with Gasteiger partial charge in [-0.2, -0.15) is 13.2 Å². The van der Waals surface area contributed by atoms with E-state index in [0.29, 0.717) is 24.2 Å². The van der Waals surface area contributed by atoms with Crippen LogP contribution in [0, 0.1) is 0 Å². The summed E-state index contributed by atoms with van der Waals surface area (Å²) in [4.78, 5) is 24.8. The van der Waals surface area contributed by atoms with E-state index in [-0.39, 0.29) is 36.7 Å². The van der Waals surface area contributed by atoms with Crippen LogP contribution in [0.3, 0.4) is 0 Å². The van der Waals surface area contributed by atoms with E-state index in [1.807, 2.05) is 6.92 Å². The van der Waals surface area contributed by atoms with Gasteiger partial charge in [-0.15, -0.1) is 0 Å². The van der Waals surface area contributed by atoms with Crippen molar-refractivity contribution in [1.82, 2.24) is 0 Å². The lowest BCUT2D eigenvalue weighted by atomic mass is 9.91. The molecule has 0 spiro atoms. The lowest BCUT2D eigenvalue weighted by Gasteiger charge is -2.18. The molecule has 168 valence electrons. The molecule has 31 heavy (non-hydrogen) atoms. The van der Waals surface area contributed by atoms with Gasteiger partial charge in [-0.05, 0) is 38.5 Å². The average molecular weight is 438 g/mol. The van der Waals surface area contributed by atoms with E-state index in [1.165, 1.54) is 12.1 Å². The van der Waals surface area contributed by atoms with Crippen molar-refractivity contribution >= 4 is 12.1 Å². The van der Waals surface area contributed by atoms with Gasteiger partial charge in [0.05, 0.1) is 25.4 Å². The van der Waals surface area contributed by atoms with Gasteiger partial charge in [0.1, 0.15) is 29.1 Å². The molecule has 8 heteroatoms. The lowest BCUT2D eigenvalue weighted by Crippen LogP contribution is -2.13. The van der Waals surface area contributed by atoms with Gasteiger partial charge in [0.25, 0.3) is 0 Å². The van der Waals surface area contributed by atoms with E-state index in [4.69, 9.17) is 14.2 Å². The summed E-state index contributed by atoms with van der Waals surface area (Å²) in [5.41, 5.74) is -0.333. The molecule has 0 aromatic heterocycles. The first kappa shape index (κ1) is 24.2. The number of ketones is 1. The number of hydrogen-bond acceptors (Lipinski definition) is 5. The van der Waals surface area contributed by atoms with E-state index in [0.717, 1.165) is 12.1 Å². The van der Waals surface area contributed by atoms with Gasteiger partial charge in [0.15, 0.2) is 5.78 Å². The van der Waals surface area contributed by atoms with Gasteiger partial charge in [-0.3, -0.25) is 4.79 Å². The molecule has 0 aliphatic rings. The molecule has 0 fully saturated rings. The Bertz CT molecular complexity index is 864. The van der Waals surface area contributed by atoms with Crippen molar-refractivity contribution in [2.45, 2.75) is 39.3 Å². The number of benzene rings is 2. The summed E-state index contributed by atoms with van der Waals surface area (Å²) in [6.07, 6.45) is -4.18. The van der Waals surface area contributed by atoms with Crippen LogP contribution in [-0.4, -0.2) is 31.9 Å². The third kappa shape index (κ3) is 6.23. The van der Waals surface area contributed by atoms with E-state index in [9.17, 15) is 22.8 Å². The summed E-state index contributed by atoms with van der Waals surface area (Å²) in [6.45, 7) is 6.33. The zero-order valence-corrected chi connectivity index (χ0v) is 17.6. The minimum atomic E-state index is -4.48. The first-order chi connectivity index (χ1) is 14.7. The fourth-order valence-electron chi connectivity index (χ4n) is 3.09. The van der Waals surface area contributed by atoms with Gasteiger partial charge in [-0.25, -0.2) is 0 Å². The van der Waals surface area contributed by atoms with E-state index >= 15 is 0 Å². The number of carbonyl (C=O) groups is 2. The van der Waals surface area contributed by atoms with Crippen LogP contribution in [0.1, 0.15) is 54.6 Å². The SMILES string of the molecule is CCOc1cc(OCC)c(C(=O)CC(C=O)c2ccc(C(F)(F)F)cc2)c(OCC)c1. The maximum absolute atomic E-state index is 13.1. The van der Waals surface area contributed by atoms with Crippen molar-refractivity contribution in [3.05, 3.63) is 53.1 Å². The Morgan fingerprint density at radius 3 is 1.87 bits per heavy atom. The Morgan fingerprint density at radius 2 is 1.45 bits per heavy atom. The van der Waals surface area contributed by atoms with Gasteiger partial charge in [0, 0.05) is 24.5 Å². The number of aldehydes is 1. The molecule has 0 radical (unpaired) electrons. The van der Waals surface area contributed by atoms with Crippen molar-refractivity contribution in [1.29, 1.82) is 0 Å².